The second-order valence-corrected chi connectivity index (χ2v) is 8.35. The number of para-hydroxylation sites is 1. The smallest absolute Gasteiger partial charge is 0.352 e. The minimum atomic E-state index is -0.486. The summed E-state index contributed by atoms with van der Waals surface area (Å²) in [5.41, 5.74) is 0.284. The molecule has 1 amide bonds. The van der Waals surface area contributed by atoms with E-state index in [1.807, 2.05) is 0 Å². The van der Waals surface area contributed by atoms with E-state index in [4.69, 9.17) is 9.47 Å². The SMILES string of the molecule is CC(C)CCn1c(=O)c2ccccc2n2c(=O)n(CC(=O)Nc3ccc4c(c3)OCO4)nc12. The van der Waals surface area contributed by atoms with Gasteiger partial charge in [-0.05, 0) is 36.6 Å². The van der Waals surface area contributed by atoms with Crippen molar-refractivity contribution in [1.82, 2.24) is 18.7 Å². The van der Waals surface area contributed by atoms with Gasteiger partial charge in [-0.1, -0.05) is 26.0 Å². The van der Waals surface area contributed by atoms with Crippen LogP contribution in [0.25, 0.3) is 16.7 Å². The number of aryl methyl sites for hydroxylation is 1. The zero-order valence-electron chi connectivity index (χ0n) is 18.3. The highest BCUT2D eigenvalue weighted by Crippen LogP contribution is 2.34. The van der Waals surface area contributed by atoms with Gasteiger partial charge in [0.15, 0.2) is 11.5 Å². The molecule has 10 heteroatoms. The molecule has 0 spiro atoms. The summed E-state index contributed by atoms with van der Waals surface area (Å²) in [6.07, 6.45) is 0.750. The minimum Gasteiger partial charge on any atom is -0.454 e. The van der Waals surface area contributed by atoms with Crippen LogP contribution in [0.2, 0.25) is 0 Å². The molecule has 5 rings (SSSR count). The van der Waals surface area contributed by atoms with Gasteiger partial charge >= 0.3 is 5.69 Å². The molecule has 170 valence electrons. The van der Waals surface area contributed by atoms with Crippen molar-refractivity contribution in [2.45, 2.75) is 33.4 Å². The molecule has 0 fully saturated rings. The van der Waals surface area contributed by atoms with Gasteiger partial charge in [-0.15, -0.1) is 5.10 Å². The lowest BCUT2D eigenvalue weighted by molar-refractivity contribution is -0.117. The molecule has 0 atom stereocenters. The highest BCUT2D eigenvalue weighted by Gasteiger charge is 2.19. The second kappa shape index (κ2) is 8.12. The van der Waals surface area contributed by atoms with Crippen LogP contribution in [-0.4, -0.2) is 31.4 Å². The average Bonchev–Trinajstić information content (AvgIpc) is 3.38. The Bertz CT molecular complexity index is 1500. The molecule has 1 aliphatic rings. The maximum atomic E-state index is 13.2. The van der Waals surface area contributed by atoms with E-state index in [2.05, 4.69) is 24.3 Å². The Hall–Kier alpha value is -4.08. The molecular formula is C23H23N5O5. The molecule has 4 aromatic rings. The molecule has 0 saturated heterocycles. The van der Waals surface area contributed by atoms with Crippen molar-refractivity contribution in [1.29, 1.82) is 0 Å². The van der Waals surface area contributed by atoms with Crippen LogP contribution in [0.1, 0.15) is 20.3 Å². The number of carbonyl (C=O) groups is 1. The summed E-state index contributed by atoms with van der Waals surface area (Å²) in [4.78, 5) is 39.0. The zero-order valence-corrected chi connectivity index (χ0v) is 18.3. The largest absolute Gasteiger partial charge is 0.454 e. The number of fused-ring (bicyclic) bond motifs is 4. The number of anilines is 1. The van der Waals surface area contributed by atoms with Gasteiger partial charge in [0.1, 0.15) is 6.54 Å². The number of nitrogens with zero attached hydrogens (tertiary/aromatic N) is 4. The first-order valence-electron chi connectivity index (χ1n) is 10.7. The third kappa shape index (κ3) is 3.73. The van der Waals surface area contributed by atoms with E-state index in [-0.39, 0.29) is 24.7 Å². The molecule has 0 saturated carbocycles. The maximum absolute atomic E-state index is 13.2. The monoisotopic (exact) mass is 449 g/mol. The van der Waals surface area contributed by atoms with Crippen LogP contribution >= 0.6 is 0 Å². The van der Waals surface area contributed by atoms with E-state index >= 15 is 0 Å². The molecule has 0 radical (unpaired) electrons. The van der Waals surface area contributed by atoms with Crippen LogP contribution in [0.3, 0.4) is 0 Å². The number of rotatable bonds is 6. The Kier molecular flexibility index (Phi) is 5.12. The Morgan fingerprint density at radius 3 is 2.73 bits per heavy atom. The third-order valence-electron chi connectivity index (χ3n) is 5.56. The minimum absolute atomic E-state index is 0.135. The molecule has 1 aliphatic heterocycles. The lowest BCUT2D eigenvalue weighted by Gasteiger charge is -2.10. The summed E-state index contributed by atoms with van der Waals surface area (Å²) >= 11 is 0. The second-order valence-electron chi connectivity index (χ2n) is 8.35. The van der Waals surface area contributed by atoms with Crippen LogP contribution < -0.4 is 26.0 Å². The van der Waals surface area contributed by atoms with Crippen molar-refractivity contribution < 1.29 is 14.3 Å². The number of amides is 1. The normalized spacial score (nSPS) is 12.7. The highest BCUT2D eigenvalue weighted by atomic mass is 16.7. The maximum Gasteiger partial charge on any atom is 0.352 e. The summed E-state index contributed by atoms with van der Waals surface area (Å²) < 4.78 is 14.6. The number of aromatic nitrogens is 4. The number of hydrogen-bond donors (Lipinski definition) is 1. The van der Waals surface area contributed by atoms with E-state index in [0.29, 0.717) is 40.6 Å². The predicted octanol–water partition coefficient (Wildman–Crippen LogP) is 2.22. The first-order valence-corrected chi connectivity index (χ1v) is 10.7. The van der Waals surface area contributed by atoms with E-state index in [1.54, 1.807) is 42.5 Å². The fraction of sp³-hybridized carbons (Fsp3) is 0.304. The molecule has 0 aliphatic carbocycles. The van der Waals surface area contributed by atoms with Gasteiger partial charge in [0.2, 0.25) is 18.5 Å². The number of nitrogens with one attached hydrogen (secondary N) is 1. The van der Waals surface area contributed by atoms with E-state index in [0.717, 1.165) is 11.1 Å². The van der Waals surface area contributed by atoms with Crippen molar-refractivity contribution in [3.63, 3.8) is 0 Å². The van der Waals surface area contributed by atoms with Crippen LogP contribution in [0.4, 0.5) is 5.69 Å². The Balaban J connectivity index is 1.52. The van der Waals surface area contributed by atoms with E-state index in [1.165, 1.54) is 8.97 Å². The predicted molar refractivity (Wildman–Crippen MR) is 122 cm³/mol. The fourth-order valence-corrected chi connectivity index (χ4v) is 3.87. The lowest BCUT2D eigenvalue weighted by atomic mass is 10.1. The van der Waals surface area contributed by atoms with E-state index < -0.39 is 11.6 Å². The van der Waals surface area contributed by atoms with Crippen LogP contribution in [0.15, 0.2) is 52.1 Å². The number of hydrogen-bond acceptors (Lipinski definition) is 6. The van der Waals surface area contributed by atoms with Gasteiger partial charge in [-0.3, -0.25) is 14.2 Å². The number of benzene rings is 2. The molecule has 1 N–H and O–H groups in total. The standard InChI is InChI=1S/C23H23N5O5/c1-14(2)9-10-26-21(30)16-5-3-4-6-17(16)28-22(26)25-27(23(28)31)12-20(29)24-15-7-8-18-19(11-15)33-13-32-18/h3-8,11,14H,9-10,12-13H2,1-2H3,(H,24,29). The summed E-state index contributed by atoms with van der Waals surface area (Å²) in [6, 6.07) is 12.0. The van der Waals surface area contributed by atoms with E-state index in [9.17, 15) is 14.4 Å². The van der Waals surface area contributed by atoms with Gasteiger partial charge in [0.05, 0.1) is 10.9 Å². The fourth-order valence-electron chi connectivity index (χ4n) is 3.87. The third-order valence-corrected chi connectivity index (χ3v) is 5.56. The number of carbonyl (C=O) groups excluding carboxylic acids is 1. The summed E-state index contributed by atoms with van der Waals surface area (Å²) in [5.74, 6) is 1.30. The quantitative estimate of drug-likeness (QED) is 0.484. The zero-order chi connectivity index (χ0) is 23.1. The number of ether oxygens (including phenoxy) is 2. The van der Waals surface area contributed by atoms with Crippen molar-refractivity contribution in [3.05, 3.63) is 63.3 Å². The van der Waals surface area contributed by atoms with Gasteiger partial charge in [0.25, 0.3) is 5.56 Å². The van der Waals surface area contributed by atoms with Crippen molar-refractivity contribution in [2.75, 3.05) is 12.1 Å². The van der Waals surface area contributed by atoms with Crippen molar-refractivity contribution in [2.24, 2.45) is 5.92 Å². The van der Waals surface area contributed by atoms with Gasteiger partial charge in [-0.25, -0.2) is 13.9 Å². The Morgan fingerprint density at radius 2 is 1.91 bits per heavy atom. The summed E-state index contributed by atoms with van der Waals surface area (Å²) in [7, 11) is 0. The highest BCUT2D eigenvalue weighted by molar-refractivity contribution is 5.91. The summed E-state index contributed by atoms with van der Waals surface area (Å²) in [6.45, 7) is 4.38. The lowest BCUT2D eigenvalue weighted by Crippen LogP contribution is -2.29. The van der Waals surface area contributed by atoms with Gasteiger partial charge in [0, 0.05) is 18.3 Å². The molecule has 3 heterocycles. The molecule has 10 nitrogen and oxygen atoms in total. The first kappa shape index (κ1) is 20.8. The van der Waals surface area contributed by atoms with Crippen LogP contribution in [0.5, 0.6) is 11.5 Å². The van der Waals surface area contributed by atoms with Crippen LogP contribution in [0, 0.1) is 5.92 Å². The molecule has 2 aromatic heterocycles. The molecule has 33 heavy (non-hydrogen) atoms. The molecule has 0 unspecified atom stereocenters. The van der Waals surface area contributed by atoms with Gasteiger partial charge < -0.3 is 14.8 Å². The topological polar surface area (TPSA) is 109 Å². The van der Waals surface area contributed by atoms with Crippen molar-refractivity contribution in [3.8, 4) is 11.5 Å². The van der Waals surface area contributed by atoms with Gasteiger partial charge in [-0.2, -0.15) is 0 Å². The van der Waals surface area contributed by atoms with Crippen molar-refractivity contribution >= 4 is 28.3 Å². The summed E-state index contributed by atoms with van der Waals surface area (Å²) in [5, 5.41) is 7.54. The molecular weight excluding hydrogens is 426 g/mol. The molecule has 2 aromatic carbocycles. The Labute approximate surface area is 188 Å². The molecule has 0 bridgehead atoms. The average molecular weight is 449 g/mol. The first-order chi connectivity index (χ1) is 15.9. The Morgan fingerprint density at radius 1 is 1.12 bits per heavy atom. The van der Waals surface area contributed by atoms with Crippen LogP contribution in [-0.2, 0) is 17.9 Å².